The van der Waals surface area contributed by atoms with E-state index in [1.807, 2.05) is 19.1 Å². The van der Waals surface area contributed by atoms with Gasteiger partial charge in [-0.3, -0.25) is 0 Å². The molecule has 0 bridgehead atoms. The van der Waals surface area contributed by atoms with E-state index < -0.39 is 5.60 Å². The molecule has 0 aliphatic carbocycles. The van der Waals surface area contributed by atoms with Crippen LogP contribution in [0.25, 0.3) is 0 Å². The molecule has 0 heterocycles. The average molecular weight is 287 g/mol. The van der Waals surface area contributed by atoms with Crippen molar-refractivity contribution in [2.24, 2.45) is 0 Å². The highest BCUT2D eigenvalue weighted by Gasteiger charge is 2.22. The summed E-state index contributed by atoms with van der Waals surface area (Å²) in [4.78, 5) is 0. The third-order valence-corrected chi connectivity index (χ3v) is 4.13. The van der Waals surface area contributed by atoms with Crippen molar-refractivity contribution in [3.63, 3.8) is 0 Å². The van der Waals surface area contributed by atoms with Gasteiger partial charge in [0.15, 0.2) is 0 Å². The van der Waals surface area contributed by atoms with Gasteiger partial charge in [0, 0.05) is 0 Å². The molecule has 0 fully saturated rings. The van der Waals surface area contributed by atoms with Crippen LogP contribution in [0.3, 0.4) is 0 Å². The fraction of sp³-hybridized carbons (Fsp3) is 0.632. The van der Waals surface area contributed by atoms with Crippen LogP contribution >= 0.6 is 0 Å². The van der Waals surface area contributed by atoms with Gasteiger partial charge in [-0.25, -0.2) is 0 Å². The van der Waals surface area contributed by atoms with Crippen molar-refractivity contribution in [1.82, 2.24) is 0 Å². The van der Waals surface area contributed by atoms with E-state index in [2.05, 4.69) is 13.0 Å². The molecule has 0 saturated heterocycles. The Hall–Kier alpha value is -1.33. The first kappa shape index (κ1) is 17.7. The van der Waals surface area contributed by atoms with Gasteiger partial charge >= 0.3 is 0 Å². The maximum absolute atomic E-state index is 10.6. The van der Waals surface area contributed by atoms with Gasteiger partial charge in [-0.15, -0.1) is 0 Å². The van der Waals surface area contributed by atoms with Gasteiger partial charge in [-0.1, -0.05) is 70.4 Å². The summed E-state index contributed by atoms with van der Waals surface area (Å²) in [6.45, 7) is 4.09. The lowest BCUT2D eigenvalue weighted by Gasteiger charge is -2.24. The third kappa shape index (κ3) is 6.78. The third-order valence-electron chi connectivity index (χ3n) is 4.13. The molecule has 0 aromatic heterocycles. The maximum Gasteiger partial charge on any atom is 0.0991 e. The Morgan fingerprint density at radius 3 is 2.29 bits per heavy atom. The quantitative estimate of drug-likeness (QED) is 0.594. The number of hydrogen-bond acceptors (Lipinski definition) is 2. The zero-order valence-electron chi connectivity index (χ0n) is 13.6. The zero-order valence-corrected chi connectivity index (χ0v) is 13.6. The fourth-order valence-electron chi connectivity index (χ4n) is 2.67. The summed E-state index contributed by atoms with van der Waals surface area (Å²) in [5.74, 6) is 0. The molecule has 2 heteroatoms. The van der Waals surface area contributed by atoms with Crippen LogP contribution in [0.2, 0.25) is 0 Å². The topological polar surface area (TPSA) is 44.0 Å². The molecule has 0 amide bonds. The van der Waals surface area contributed by atoms with Crippen LogP contribution in [0.1, 0.15) is 82.8 Å². The lowest BCUT2D eigenvalue weighted by molar-refractivity contribution is 0.0448. The summed E-state index contributed by atoms with van der Waals surface area (Å²) < 4.78 is 0. The Morgan fingerprint density at radius 1 is 1.05 bits per heavy atom. The number of benzene rings is 1. The molecule has 1 N–H and O–H groups in total. The lowest BCUT2D eigenvalue weighted by Crippen LogP contribution is -2.21. The number of nitrogens with zero attached hydrogens (tertiary/aromatic N) is 1. The SMILES string of the molecule is CCCCCCCCCCC(C)(O)c1cccc(C#N)c1. The normalized spacial score (nSPS) is 13.6. The van der Waals surface area contributed by atoms with E-state index in [1.165, 1.54) is 44.9 Å². The number of hydrogen-bond donors (Lipinski definition) is 1. The van der Waals surface area contributed by atoms with Crippen molar-refractivity contribution < 1.29 is 5.11 Å². The molecular weight excluding hydrogens is 258 g/mol. The van der Waals surface area contributed by atoms with Crippen molar-refractivity contribution in [2.45, 2.75) is 77.2 Å². The summed E-state index contributed by atoms with van der Waals surface area (Å²) in [6.07, 6.45) is 10.9. The Labute approximate surface area is 129 Å². The van der Waals surface area contributed by atoms with Crippen LogP contribution in [-0.2, 0) is 5.60 Å². The Morgan fingerprint density at radius 2 is 1.67 bits per heavy atom. The van der Waals surface area contributed by atoms with Crippen molar-refractivity contribution in [2.75, 3.05) is 0 Å². The first-order valence-electron chi connectivity index (χ1n) is 8.33. The van der Waals surface area contributed by atoms with E-state index in [0.29, 0.717) is 5.56 Å². The summed E-state index contributed by atoms with van der Waals surface area (Å²) in [6, 6.07) is 9.45. The second-order valence-corrected chi connectivity index (χ2v) is 6.19. The molecule has 0 aliphatic heterocycles. The van der Waals surface area contributed by atoms with Gasteiger partial charge in [-0.05, 0) is 31.0 Å². The highest BCUT2D eigenvalue weighted by atomic mass is 16.3. The second kappa shape index (κ2) is 9.58. The largest absolute Gasteiger partial charge is 0.385 e. The Bertz CT molecular complexity index is 445. The number of unbranched alkanes of at least 4 members (excludes halogenated alkanes) is 7. The van der Waals surface area contributed by atoms with Crippen LogP contribution in [0.5, 0.6) is 0 Å². The maximum atomic E-state index is 10.6. The second-order valence-electron chi connectivity index (χ2n) is 6.19. The minimum Gasteiger partial charge on any atom is -0.385 e. The number of nitriles is 1. The lowest BCUT2D eigenvalue weighted by atomic mass is 9.89. The molecule has 0 radical (unpaired) electrons. The minimum absolute atomic E-state index is 0.615. The minimum atomic E-state index is -0.824. The zero-order chi connectivity index (χ0) is 15.6. The molecule has 0 spiro atoms. The average Bonchev–Trinajstić information content (AvgIpc) is 2.50. The fourth-order valence-corrected chi connectivity index (χ4v) is 2.67. The molecule has 1 aromatic rings. The predicted octanol–water partition coefficient (Wildman–Crippen LogP) is 5.30. The predicted molar refractivity (Wildman–Crippen MR) is 88.0 cm³/mol. The Kier molecular flexibility index (Phi) is 8.08. The van der Waals surface area contributed by atoms with Gasteiger partial charge in [0.05, 0.1) is 17.2 Å². The van der Waals surface area contributed by atoms with Crippen LogP contribution in [0.15, 0.2) is 24.3 Å². The number of rotatable bonds is 10. The molecule has 0 aliphatic rings. The van der Waals surface area contributed by atoms with E-state index in [4.69, 9.17) is 5.26 Å². The Balaban J connectivity index is 2.28. The van der Waals surface area contributed by atoms with Crippen LogP contribution in [0, 0.1) is 11.3 Å². The van der Waals surface area contributed by atoms with Gasteiger partial charge in [0.1, 0.15) is 0 Å². The van der Waals surface area contributed by atoms with E-state index in [1.54, 1.807) is 12.1 Å². The van der Waals surface area contributed by atoms with Gasteiger partial charge in [-0.2, -0.15) is 5.26 Å². The summed E-state index contributed by atoms with van der Waals surface area (Å²) in [7, 11) is 0. The standard InChI is InChI=1S/C19H29NO/c1-3-4-5-6-7-8-9-10-14-19(2,21)18-13-11-12-17(15-18)16-20/h11-13,15,21H,3-10,14H2,1-2H3. The molecule has 116 valence electrons. The number of aliphatic hydroxyl groups is 1. The van der Waals surface area contributed by atoms with E-state index >= 15 is 0 Å². The van der Waals surface area contributed by atoms with Gasteiger partial charge in [0.2, 0.25) is 0 Å². The summed E-state index contributed by atoms with van der Waals surface area (Å²) in [5, 5.41) is 19.5. The smallest absolute Gasteiger partial charge is 0.0991 e. The molecule has 1 atom stereocenters. The molecule has 1 unspecified atom stereocenters. The van der Waals surface area contributed by atoms with E-state index in [-0.39, 0.29) is 0 Å². The molecule has 1 aromatic carbocycles. The molecule has 1 rings (SSSR count). The van der Waals surface area contributed by atoms with Crippen LogP contribution < -0.4 is 0 Å². The van der Waals surface area contributed by atoms with Crippen molar-refractivity contribution >= 4 is 0 Å². The molecule has 21 heavy (non-hydrogen) atoms. The van der Waals surface area contributed by atoms with E-state index in [0.717, 1.165) is 18.4 Å². The summed E-state index contributed by atoms with van der Waals surface area (Å²) >= 11 is 0. The highest BCUT2D eigenvalue weighted by molar-refractivity contribution is 5.35. The van der Waals surface area contributed by atoms with Gasteiger partial charge in [0.25, 0.3) is 0 Å². The van der Waals surface area contributed by atoms with E-state index in [9.17, 15) is 5.11 Å². The summed E-state index contributed by atoms with van der Waals surface area (Å²) in [5.41, 5.74) is 0.642. The first-order valence-corrected chi connectivity index (χ1v) is 8.33. The van der Waals surface area contributed by atoms with Crippen molar-refractivity contribution in [1.29, 1.82) is 5.26 Å². The monoisotopic (exact) mass is 287 g/mol. The van der Waals surface area contributed by atoms with Crippen molar-refractivity contribution in [3.8, 4) is 6.07 Å². The molecule has 0 saturated carbocycles. The van der Waals surface area contributed by atoms with Crippen molar-refractivity contribution in [3.05, 3.63) is 35.4 Å². The molecular formula is C19H29NO. The van der Waals surface area contributed by atoms with Crippen LogP contribution in [-0.4, -0.2) is 5.11 Å². The first-order chi connectivity index (χ1) is 10.1. The van der Waals surface area contributed by atoms with Gasteiger partial charge < -0.3 is 5.11 Å². The van der Waals surface area contributed by atoms with Crippen LogP contribution in [0.4, 0.5) is 0 Å². The highest BCUT2D eigenvalue weighted by Crippen LogP contribution is 2.27. The molecule has 2 nitrogen and oxygen atoms in total.